The Morgan fingerprint density at radius 2 is 1.92 bits per heavy atom. The molecular weight excluding hydrogens is 166 g/mol. The highest BCUT2D eigenvalue weighted by Crippen LogP contribution is 2.56. The number of nitrogens with zero attached hydrogens (tertiary/aromatic N) is 1. The van der Waals surface area contributed by atoms with Crippen molar-refractivity contribution in [3.05, 3.63) is 0 Å². The van der Waals surface area contributed by atoms with Gasteiger partial charge in [0.15, 0.2) is 5.78 Å². The summed E-state index contributed by atoms with van der Waals surface area (Å²) in [5.41, 5.74) is 0.480. The topological polar surface area (TPSA) is 49.7 Å². The largest absolute Gasteiger partial charge is 0.411 e. The average Bonchev–Trinajstić information content (AvgIpc) is 2.71. The molecule has 2 bridgehead atoms. The fourth-order valence-corrected chi connectivity index (χ4v) is 3.75. The maximum Gasteiger partial charge on any atom is 0.184 e. The van der Waals surface area contributed by atoms with Crippen LogP contribution in [-0.2, 0) is 4.79 Å². The molecule has 4 atom stereocenters. The van der Waals surface area contributed by atoms with E-state index in [0.717, 1.165) is 6.42 Å². The summed E-state index contributed by atoms with van der Waals surface area (Å²) >= 11 is 0. The Kier molecular flexibility index (Phi) is 1.35. The van der Waals surface area contributed by atoms with Gasteiger partial charge in [-0.25, -0.2) is 0 Å². The number of fused-ring (bicyclic) bond motifs is 5. The number of rotatable bonds is 0. The van der Waals surface area contributed by atoms with Crippen LogP contribution < -0.4 is 0 Å². The molecule has 3 saturated carbocycles. The molecule has 0 amide bonds. The highest BCUT2D eigenvalue weighted by Gasteiger charge is 2.57. The van der Waals surface area contributed by atoms with E-state index in [2.05, 4.69) is 5.16 Å². The van der Waals surface area contributed by atoms with E-state index in [9.17, 15) is 4.79 Å². The van der Waals surface area contributed by atoms with E-state index in [1.165, 1.54) is 19.3 Å². The Morgan fingerprint density at radius 3 is 2.62 bits per heavy atom. The second-order valence-corrected chi connectivity index (χ2v) is 4.56. The molecule has 3 heteroatoms. The lowest BCUT2D eigenvalue weighted by atomic mass is 9.80. The van der Waals surface area contributed by atoms with E-state index in [1.807, 2.05) is 0 Å². The summed E-state index contributed by atoms with van der Waals surface area (Å²) in [6.45, 7) is 0. The highest BCUT2D eigenvalue weighted by molar-refractivity contribution is 6.43. The maximum absolute atomic E-state index is 11.6. The monoisotopic (exact) mass is 179 g/mol. The zero-order valence-corrected chi connectivity index (χ0v) is 7.44. The number of oxime groups is 1. The first kappa shape index (κ1) is 7.54. The van der Waals surface area contributed by atoms with E-state index in [1.54, 1.807) is 0 Å². The Labute approximate surface area is 76.8 Å². The van der Waals surface area contributed by atoms with Crippen LogP contribution in [-0.4, -0.2) is 16.7 Å². The van der Waals surface area contributed by atoms with Crippen LogP contribution in [0, 0.1) is 23.7 Å². The van der Waals surface area contributed by atoms with Gasteiger partial charge in [0.25, 0.3) is 0 Å². The minimum atomic E-state index is 0.135. The van der Waals surface area contributed by atoms with Gasteiger partial charge in [0.2, 0.25) is 0 Å². The van der Waals surface area contributed by atoms with Gasteiger partial charge in [-0.05, 0) is 31.1 Å². The lowest BCUT2D eigenvalue weighted by molar-refractivity contribution is -0.117. The van der Waals surface area contributed by atoms with Crippen molar-refractivity contribution in [1.82, 2.24) is 0 Å². The molecule has 3 rings (SSSR count). The Morgan fingerprint density at radius 1 is 1.23 bits per heavy atom. The van der Waals surface area contributed by atoms with Crippen LogP contribution in [0.2, 0.25) is 0 Å². The molecule has 3 nitrogen and oxygen atoms in total. The summed E-state index contributed by atoms with van der Waals surface area (Å²) in [7, 11) is 0. The number of carbonyl (C=O) groups excluding carboxylic acids is 1. The number of Topliss-reactive ketones (excluding diaryl/α,β-unsaturated/α-hetero) is 1. The predicted molar refractivity (Wildman–Crippen MR) is 46.7 cm³/mol. The number of hydrogen-bond acceptors (Lipinski definition) is 3. The van der Waals surface area contributed by atoms with Gasteiger partial charge in [0.05, 0.1) is 0 Å². The summed E-state index contributed by atoms with van der Waals surface area (Å²) in [4.78, 5) is 11.6. The van der Waals surface area contributed by atoms with Gasteiger partial charge in [-0.2, -0.15) is 0 Å². The van der Waals surface area contributed by atoms with Crippen LogP contribution in [0.5, 0.6) is 0 Å². The number of ketones is 1. The second kappa shape index (κ2) is 2.34. The quantitative estimate of drug-likeness (QED) is 0.452. The SMILES string of the molecule is O=C1/C(=N/O)[C@H]2C[C@@H]1[C@@H]1CCC[C@@H]12. The van der Waals surface area contributed by atoms with Crippen LogP contribution in [0.15, 0.2) is 5.16 Å². The van der Waals surface area contributed by atoms with Crippen molar-refractivity contribution in [3.63, 3.8) is 0 Å². The van der Waals surface area contributed by atoms with E-state index < -0.39 is 0 Å². The van der Waals surface area contributed by atoms with E-state index >= 15 is 0 Å². The first-order chi connectivity index (χ1) is 6.33. The van der Waals surface area contributed by atoms with Crippen molar-refractivity contribution in [3.8, 4) is 0 Å². The predicted octanol–water partition coefficient (Wildman–Crippen LogP) is 1.45. The smallest absolute Gasteiger partial charge is 0.184 e. The summed E-state index contributed by atoms with van der Waals surface area (Å²) < 4.78 is 0. The maximum atomic E-state index is 11.6. The lowest BCUT2D eigenvalue weighted by Gasteiger charge is -2.23. The highest BCUT2D eigenvalue weighted by atomic mass is 16.4. The Bertz CT molecular complexity index is 297. The fourth-order valence-electron chi connectivity index (χ4n) is 3.75. The minimum Gasteiger partial charge on any atom is -0.411 e. The first-order valence-corrected chi connectivity index (χ1v) is 5.09. The van der Waals surface area contributed by atoms with Crippen molar-refractivity contribution in [2.75, 3.05) is 0 Å². The second-order valence-electron chi connectivity index (χ2n) is 4.56. The number of carbonyl (C=O) groups is 1. The molecular formula is C10H13NO2. The van der Waals surface area contributed by atoms with Gasteiger partial charge in [0, 0.05) is 11.8 Å². The molecule has 0 aromatic rings. The molecule has 0 heterocycles. The Balaban J connectivity index is 2.01. The zero-order valence-electron chi connectivity index (χ0n) is 7.44. The van der Waals surface area contributed by atoms with Gasteiger partial charge < -0.3 is 5.21 Å². The summed E-state index contributed by atoms with van der Waals surface area (Å²) in [6.07, 6.45) is 4.68. The summed E-state index contributed by atoms with van der Waals surface area (Å²) in [5, 5.41) is 11.9. The molecule has 13 heavy (non-hydrogen) atoms. The van der Waals surface area contributed by atoms with Crippen molar-refractivity contribution in [2.45, 2.75) is 25.7 Å². The number of hydrogen-bond donors (Lipinski definition) is 1. The molecule has 3 aliphatic carbocycles. The van der Waals surface area contributed by atoms with Crippen molar-refractivity contribution in [1.29, 1.82) is 0 Å². The molecule has 1 N–H and O–H groups in total. The van der Waals surface area contributed by atoms with Gasteiger partial charge in [-0.3, -0.25) is 4.79 Å². The summed E-state index contributed by atoms with van der Waals surface area (Å²) in [5.74, 6) is 1.94. The third-order valence-corrected chi connectivity index (χ3v) is 4.21. The molecule has 3 aliphatic rings. The molecule has 0 aliphatic heterocycles. The van der Waals surface area contributed by atoms with Crippen LogP contribution in [0.1, 0.15) is 25.7 Å². The zero-order chi connectivity index (χ0) is 9.00. The van der Waals surface area contributed by atoms with E-state index in [-0.39, 0.29) is 11.7 Å². The van der Waals surface area contributed by atoms with Crippen LogP contribution in [0.25, 0.3) is 0 Å². The average molecular weight is 179 g/mol. The van der Waals surface area contributed by atoms with E-state index in [4.69, 9.17) is 5.21 Å². The molecule has 0 unspecified atom stereocenters. The Hall–Kier alpha value is -0.860. The first-order valence-electron chi connectivity index (χ1n) is 5.09. The molecule has 3 fully saturated rings. The van der Waals surface area contributed by atoms with Gasteiger partial charge in [-0.15, -0.1) is 0 Å². The van der Waals surface area contributed by atoms with Gasteiger partial charge in [0.1, 0.15) is 5.71 Å². The standard InChI is InChI=1S/C10H13NO2/c12-10-8-4-7(9(10)11-13)5-2-1-3-6(5)8/h5-8,13H,1-4H2/b11-9+/t5-,6+,7-,8+/m0/s1. The fraction of sp³-hybridized carbons (Fsp3) is 0.800. The minimum absolute atomic E-state index is 0.135. The van der Waals surface area contributed by atoms with Crippen molar-refractivity contribution in [2.24, 2.45) is 28.8 Å². The third kappa shape index (κ3) is 0.754. The molecule has 70 valence electrons. The van der Waals surface area contributed by atoms with Crippen molar-refractivity contribution >= 4 is 11.5 Å². The normalized spacial score (nSPS) is 50.5. The van der Waals surface area contributed by atoms with Gasteiger partial charge >= 0.3 is 0 Å². The van der Waals surface area contributed by atoms with E-state index in [0.29, 0.717) is 23.5 Å². The van der Waals surface area contributed by atoms with Crippen molar-refractivity contribution < 1.29 is 10.0 Å². The molecule has 0 spiro atoms. The lowest BCUT2D eigenvalue weighted by Crippen LogP contribution is -2.32. The summed E-state index contributed by atoms with van der Waals surface area (Å²) in [6, 6.07) is 0. The molecule has 0 aromatic carbocycles. The molecule has 0 saturated heterocycles. The van der Waals surface area contributed by atoms with Crippen LogP contribution in [0.3, 0.4) is 0 Å². The molecule has 0 radical (unpaired) electrons. The van der Waals surface area contributed by atoms with Crippen LogP contribution >= 0.6 is 0 Å². The van der Waals surface area contributed by atoms with Gasteiger partial charge in [-0.1, -0.05) is 11.6 Å². The third-order valence-electron chi connectivity index (χ3n) is 4.21. The molecule has 0 aromatic heterocycles. The van der Waals surface area contributed by atoms with Crippen LogP contribution in [0.4, 0.5) is 0 Å².